The lowest BCUT2D eigenvalue weighted by atomic mass is 10.2. The summed E-state index contributed by atoms with van der Waals surface area (Å²) in [4.78, 5) is 4.65. The van der Waals surface area contributed by atoms with Crippen LogP contribution in [0.1, 0.15) is 0 Å². The second-order valence-corrected chi connectivity index (χ2v) is 4.41. The van der Waals surface area contributed by atoms with E-state index in [4.69, 9.17) is 10.5 Å². The van der Waals surface area contributed by atoms with Crippen LogP contribution in [-0.4, -0.2) is 16.7 Å². The van der Waals surface area contributed by atoms with Crippen molar-refractivity contribution < 1.29 is 4.74 Å². The van der Waals surface area contributed by atoms with E-state index in [2.05, 4.69) is 4.98 Å². The molecule has 0 amide bonds. The van der Waals surface area contributed by atoms with Crippen molar-refractivity contribution >= 4 is 16.7 Å². The maximum atomic E-state index is 5.98. The van der Waals surface area contributed by atoms with Crippen molar-refractivity contribution in [3.63, 3.8) is 0 Å². The van der Waals surface area contributed by atoms with Crippen molar-refractivity contribution in [3.8, 4) is 17.1 Å². The highest BCUT2D eigenvalue weighted by atomic mass is 16.5. The molecule has 3 aromatic rings. The third-order valence-electron chi connectivity index (χ3n) is 3.29. The molecule has 0 saturated carbocycles. The Hall–Kier alpha value is -2.49. The summed E-state index contributed by atoms with van der Waals surface area (Å²) in [6, 6.07) is 13.7. The van der Waals surface area contributed by atoms with Crippen molar-refractivity contribution in [2.24, 2.45) is 7.05 Å². The lowest BCUT2D eigenvalue weighted by Gasteiger charge is -2.07. The summed E-state index contributed by atoms with van der Waals surface area (Å²) in [5.74, 6) is 1.66. The van der Waals surface area contributed by atoms with Gasteiger partial charge in [-0.25, -0.2) is 4.98 Å². The third kappa shape index (κ3) is 1.73. The summed E-state index contributed by atoms with van der Waals surface area (Å²) in [5.41, 5.74) is 9.47. The van der Waals surface area contributed by atoms with Crippen molar-refractivity contribution in [2.75, 3.05) is 12.8 Å². The molecule has 0 aliphatic heterocycles. The fourth-order valence-corrected chi connectivity index (χ4v) is 2.31. The Morgan fingerprint density at radius 2 is 1.89 bits per heavy atom. The number of nitrogens with two attached hydrogens (primary N) is 1. The molecule has 0 unspecified atom stereocenters. The van der Waals surface area contributed by atoms with Crippen molar-refractivity contribution in [1.29, 1.82) is 0 Å². The Morgan fingerprint density at radius 3 is 2.63 bits per heavy atom. The van der Waals surface area contributed by atoms with E-state index < -0.39 is 0 Å². The molecule has 2 N–H and O–H groups in total. The minimum Gasteiger partial charge on any atom is -0.496 e. The minimum absolute atomic E-state index is 0.689. The number of aryl methyl sites for hydroxylation is 1. The number of para-hydroxylation sites is 2. The molecule has 0 radical (unpaired) electrons. The Kier molecular flexibility index (Phi) is 2.63. The summed E-state index contributed by atoms with van der Waals surface area (Å²) in [6.07, 6.45) is 0. The van der Waals surface area contributed by atoms with Gasteiger partial charge in [-0.15, -0.1) is 0 Å². The second kappa shape index (κ2) is 4.31. The predicted molar refractivity (Wildman–Crippen MR) is 77.1 cm³/mol. The number of methoxy groups -OCH3 is 1. The average molecular weight is 253 g/mol. The summed E-state index contributed by atoms with van der Waals surface area (Å²) < 4.78 is 7.43. The summed E-state index contributed by atoms with van der Waals surface area (Å²) in [6.45, 7) is 0. The number of anilines is 1. The van der Waals surface area contributed by atoms with E-state index in [1.54, 1.807) is 7.11 Å². The van der Waals surface area contributed by atoms with Crippen LogP contribution in [0.15, 0.2) is 42.5 Å². The standard InChI is InChI=1S/C15H15N3O/c1-18-12-8-5-7-11(16)14(12)17-15(18)10-6-3-4-9-13(10)19-2/h3-9H,16H2,1-2H3. The molecule has 1 heterocycles. The number of benzene rings is 2. The van der Waals surface area contributed by atoms with E-state index in [9.17, 15) is 0 Å². The van der Waals surface area contributed by atoms with E-state index >= 15 is 0 Å². The van der Waals surface area contributed by atoms with Gasteiger partial charge in [0.15, 0.2) is 0 Å². The molecule has 4 heteroatoms. The Bertz CT molecular complexity index is 746. The van der Waals surface area contributed by atoms with Gasteiger partial charge in [-0.3, -0.25) is 0 Å². The highest BCUT2D eigenvalue weighted by Crippen LogP contribution is 2.32. The molecule has 0 aliphatic rings. The number of aromatic nitrogens is 2. The van der Waals surface area contributed by atoms with Gasteiger partial charge >= 0.3 is 0 Å². The molecule has 0 saturated heterocycles. The fourth-order valence-electron chi connectivity index (χ4n) is 2.31. The smallest absolute Gasteiger partial charge is 0.144 e. The molecular formula is C15H15N3O. The van der Waals surface area contributed by atoms with Gasteiger partial charge in [0, 0.05) is 7.05 Å². The molecular weight excluding hydrogens is 238 g/mol. The monoisotopic (exact) mass is 253 g/mol. The zero-order chi connectivity index (χ0) is 13.4. The van der Waals surface area contributed by atoms with E-state index in [1.165, 1.54) is 0 Å². The normalized spacial score (nSPS) is 10.8. The molecule has 3 rings (SSSR count). The molecule has 0 aliphatic carbocycles. The number of hydrogen-bond acceptors (Lipinski definition) is 3. The van der Waals surface area contributed by atoms with Crippen molar-refractivity contribution in [1.82, 2.24) is 9.55 Å². The molecule has 0 fully saturated rings. The van der Waals surface area contributed by atoms with Gasteiger partial charge in [-0.1, -0.05) is 18.2 Å². The number of imidazole rings is 1. The topological polar surface area (TPSA) is 53.1 Å². The summed E-state index contributed by atoms with van der Waals surface area (Å²) >= 11 is 0. The number of hydrogen-bond donors (Lipinski definition) is 1. The predicted octanol–water partition coefficient (Wildman–Crippen LogP) is 2.83. The molecule has 1 aromatic heterocycles. The zero-order valence-electron chi connectivity index (χ0n) is 10.9. The maximum absolute atomic E-state index is 5.98. The molecule has 0 spiro atoms. The summed E-state index contributed by atoms with van der Waals surface area (Å²) in [7, 11) is 3.65. The Morgan fingerprint density at radius 1 is 1.11 bits per heavy atom. The van der Waals surface area contributed by atoms with Crippen molar-refractivity contribution in [2.45, 2.75) is 0 Å². The second-order valence-electron chi connectivity index (χ2n) is 4.41. The molecule has 4 nitrogen and oxygen atoms in total. The summed E-state index contributed by atoms with van der Waals surface area (Å²) in [5, 5.41) is 0. The maximum Gasteiger partial charge on any atom is 0.144 e. The van der Waals surface area contributed by atoms with Crippen LogP contribution in [0.25, 0.3) is 22.4 Å². The Balaban J connectivity index is 2.31. The van der Waals surface area contributed by atoms with Crippen LogP contribution >= 0.6 is 0 Å². The number of fused-ring (bicyclic) bond motifs is 1. The number of nitrogen functional groups attached to an aromatic ring is 1. The van der Waals surface area contributed by atoms with Crippen LogP contribution in [-0.2, 0) is 7.05 Å². The van der Waals surface area contributed by atoms with Gasteiger partial charge in [0.2, 0.25) is 0 Å². The first-order valence-corrected chi connectivity index (χ1v) is 6.06. The van der Waals surface area contributed by atoms with Gasteiger partial charge in [0.05, 0.1) is 23.9 Å². The van der Waals surface area contributed by atoms with Gasteiger partial charge in [0.1, 0.15) is 17.1 Å². The van der Waals surface area contributed by atoms with Crippen LogP contribution in [0.3, 0.4) is 0 Å². The lowest BCUT2D eigenvalue weighted by molar-refractivity contribution is 0.416. The van der Waals surface area contributed by atoms with Crippen LogP contribution in [0.5, 0.6) is 5.75 Å². The van der Waals surface area contributed by atoms with Crippen LogP contribution in [0, 0.1) is 0 Å². The minimum atomic E-state index is 0.689. The molecule has 96 valence electrons. The Labute approximate surface area is 111 Å². The molecule has 0 bridgehead atoms. The first-order chi connectivity index (χ1) is 9.22. The van der Waals surface area contributed by atoms with Gasteiger partial charge in [0.25, 0.3) is 0 Å². The molecule has 0 atom stereocenters. The first kappa shape index (κ1) is 11.6. The first-order valence-electron chi connectivity index (χ1n) is 6.06. The molecule has 2 aromatic carbocycles. The number of nitrogens with zero attached hydrogens (tertiary/aromatic N) is 2. The largest absolute Gasteiger partial charge is 0.496 e. The third-order valence-corrected chi connectivity index (χ3v) is 3.29. The van der Waals surface area contributed by atoms with E-state index in [0.29, 0.717) is 5.69 Å². The lowest BCUT2D eigenvalue weighted by Crippen LogP contribution is -1.95. The van der Waals surface area contributed by atoms with Crippen LogP contribution in [0.4, 0.5) is 5.69 Å². The van der Waals surface area contributed by atoms with Crippen molar-refractivity contribution in [3.05, 3.63) is 42.5 Å². The van der Waals surface area contributed by atoms with E-state index in [1.807, 2.05) is 54.1 Å². The van der Waals surface area contributed by atoms with Crippen LogP contribution in [0.2, 0.25) is 0 Å². The van der Waals surface area contributed by atoms with Gasteiger partial charge < -0.3 is 15.0 Å². The van der Waals surface area contributed by atoms with E-state index in [-0.39, 0.29) is 0 Å². The number of rotatable bonds is 2. The van der Waals surface area contributed by atoms with E-state index in [0.717, 1.165) is 28.2 Å². The highest BCUT2D eigenvalue weighted by molar-refractivity contribution is 5.90. The van der Waals surface area contributed by atoms with Crippen LogP contribution < -0.4 is 10.5 Å². The zero-order valence-corrected chi connectivity index (χ0v) is 10.9. The molecule has 19 heavy (non-hydrogen) atoms. The average Bonchev–Trinajstić information content (AvgIpc) is 2.78. The fraction of sp³-hybridized carbons (Fsp3) is 0.133. The van der Waals surface area contributed by atoms with Gasteiger partial charge in [-0.05, 0) is 24.3 Å². The number of ether oxygens (including phenoxy) is 1. The van der Waals surface area contributed by atoms with Gasteiger partial charge in [-0.2, -0.15) is 0 Å². The SMILES string of the molecule is COc1ccccc1-c1nc2c(N)cccc2n1C. The quantitative estimate of drug-likeness (QED) is 0.714. The highest BCUT2D eigenvalue weighted by Gasteiger charge is 2.14.